The fraction of sp³-hybridized carbons (Fsp3) is 0.200. The summed E-state index contributed by atoms with van der Waals surface area (Å²) >= 11 is 0. The Labute approximate surface area is 166 Å². The first kappa shape index (κ1) is 18.5. The van der Waals surface area contributed by atoms with Gasteiger partial charge in [-0.05, 0) is 12.1 Å². The van der Waals surface area contributed by atoms with Gasteiger partial charge < -0.3 is 14.8 Å². The van der Waals surface area contributed by atoms with Crippen LogP contribution >= 0.6 is 0 Å². The lowest BCUT2D eigenvalue weighted by Gasteiger charge is -2.13. The average Bonchev–Trinajstić information content (AvgIpc) is 3.27. The van der Waals surface area contributed by atoms with Crippen molar-refractivity contribution < 1.29 is 19.1 Å². The third kappa shape index (κ3) is 3.62. The normalized spacial score (nSPS) is 14.8. The van der Waals surface area contributed by atoms with Crippen LogP contribution in [0.3, 0.4) is 0 Å². The Morgan fingerprint density at radius 2 is 1.97 bits per heavy atom. The van der Waals surface area contributed by atoms with Crippen molar-refractivity contribution >= 4 is 23.5 Å². The molecule has 0 radical (unpaired) electrons. The number of hydrogen-bond donors (Lipinski definition) is 2. The number of amides is 2. The van der Waals surface area contributed by atoms with Gasteiger partial charge in [0.1, 0.15) is 17.5 Å². The molecule has 0 spiro atoms. The van der Waals surface area contributed by atoms with Crippen molar-refractivity contribution in [2.24, 2.45) is 0 Å². The second-order valence-corrected chi connectivity index (χ2v) is 6.39. The largest absolute Gasteiger partial charge is 0.497 e. The van der Waals surface area contributed by atoms with Gasteiger partial charge in [0.25, 0.3) is 5.91 Å². The van der Waals surface area contributed by atoms with Gasteiger partial charge in [-0.15, -0.1) is 5.10 Å². The highest BCUT2D eigenvalue weighted by Gasteiger charge is 2.35. The Kier molecular flexibility index (Phi) is 4.86. The summed E-state index contributed by atoms with van der Waals surface area (Å²) < 4.78 is 11.9. The zero-order valence-corrected chi connectivity index (χ0v) is 15.9. The fourth-order valence-electron chi connectivity index (χ4n) is 3.10. The van der Waals surface area contributed by atoms with Crippen LogP contribution in [0.25, 0.3) is 11.4 Å². The molecule has 2 N–H and O–H groups in total. The van der Waals surface area contributed by atoms with Crippen LogP contribution in [0.15, 0.2) is 48.5 Å². The van der Waals surface area contributed by atoms with Gasteiger partial charge in [-0.1, -0.05) is 30.3 Å². The van der Waals surface area contributed by atoms with Crippen LogP contribution in [0.4, 0.5) is 11.6 Å². The molecule has 148 valence electrons. The maximum atomic E-state index is 12.6. The minimum Gasteiger partial charge on any atom is -0.497 e. The molecule has 1 aromatic heterocycles. The number of ether oxygens (including phenoxy) is 2. The minimum atomic E-state index is -0.779. The number of nitrogens with one attached hydrogen (secondary N) is 2. The van der Waals surface area contributed by atoms with Crippen LogP contribution in [0.1, 0.15) is 12.5 Å². The third-order valence-electron chi connectivity index (χ3n) is 4.56. The van der Waals surface area contributed by atoms with E-state index in [1.54, 1.807) is 25.3 Å². The molecule has 0 saturated carbocycles. The zero-order chi connectivity index (χ0) is 20.4. The van der Waals surface area contributed by atoms with E-state index < -0.39 is 6.04 Å². The number of carbonyl (C=O) groups is 2. The first-order valence-corrected chi connectivity index (χ1v) is 8.93. The van der Waals surface area contributed by atoms with E-state index in [9.17, 15) is 9.59 Å². The molecule has 1 aliphatic heterocycles. The highest BCUT2D eigenvalue weighted by molar-refractivity contribution is 6.01. The molecular weight excluding hydrogens is 374 g/mol. The van der Waals surface area contributed by atoms with Gasteiger partial charge in [0.05, 0.1) is 26.3 Å². The summed E-state index contributed by atoms with van der Waals surface area (Å²) in [7, 11) is 3.05. The predicted molar refractivity (Wildman–Crippen MR) is 106 cm³/mol. The number of carbonyl (C=O) groups excluding carboxylic acids is 2. The van der Waals surface area contributed by atoms with Crippen LogP contribution in [-0.2, 0) is 9.59 Å². The number of methoxy groups -OCH3 is 2. The second-order valence-electron chi connectivity index (χ2n) is 6.39. The Morgan fingerprint density at radius 3 is 2.69 bits per heavy atom. The lowest BCUT2D eigenvalue weighted by atomic mass is 10.2. The molecule has 2 amide bonds. The molecule has 1 atom stereocenters. The Bertz CT molecular complexity index is 1060. The van der Waals surface area contributed by atoms with E-state index in [-0.39, 0.29) is 18.2 Å². The maximum Gasteiger partial charge on any atom is 0.252 e. The highest BCUT2D eigenvalue weighted by atomic mass is 16.5. The molecule has 0 aliphatic carbocycles. The average molecular weight is 393 g/mol. The molecule has 0 saturated heterocycles. The number of anilines is 2. The van der Waals surface area contributed by atoms with E-state index in [1.807, 2.05) is 30.3 Å². The monoisotopic (exact) mass is 393 g/mol. The van der Waals surface area contributed by atoms with Crippen molar-refractivity contribution in [1.82, 2.24) is 14.8 Å². The van der Waals surface area contributed by atoms with Crippen molar-refractivity contribution in [2.45, 2.75) is 12.5 Å². The number of hydrogen-bond acceptors (Lipinski definition) is 6. The maximum absolute atomic E-state index is 12.6. The van der Waals surface area contributed by atoms with Gasteiger partial charge in [-0.3, -0.25) is 14.9 Å². The van der Waals surface area contributed by atoms with Crippen LogP contribution in [-0.4, -0.2) is 40.8 Å². The van der Waals surface area contributed by atoms with E-state index in [0.717, 1.165) is 5.56 Å². The molecular formula is C20H19N5O4. The van der Waals surface area contributed by atoms with Gasteiger partial charge in [0.15, 0.2) is 5.82 Å². The first-order valence-electron chi connectivity index (χ1n) is 8.93. The summed E-state index contributed by atoms with van der Waals surface area (Å²) in [6.45, 7) is 0. The molecule has 1 aliphatic rings. The number of rotatable bonds is 6. The standard InChI is InChI=1S/C20H19N5O4/c1-28-13-8-9-14(16(10-13)29-2)21-17(26)11-15-19(27)23-20-22-18(24-25(15)20)12-6-4-3-5-7-12/h3-10,15H,11H2,1-2H3,(H,21,26)(H,22,23,24,27). The summed E-state index contributed by atoms with van der Waals surface area (Å²) in [5.41, 5.74) is 1.32. The van der Waals surface area contributed by atoms with Crippen LogP contribution in [0, 0.1) is 0 Å². The summed E-state index contributed by atoms with van der Waals surface area (Å²) in [4.78, 5) is 29.2. The minimum absolute atomic E-state index is 0.0917. The SMILES string of the molecule is COc1ccc(NC(=O)CC2C(=O)Nc3nc(-c4ccccc4)nn32)c(OC)c1. The number of benzene rings is 2. The van der Waals surface area contributed by atoms with Gasteiger partial charge in [0.2, 0.25) is 11.9 Å². The summed E-state index contributed by atoms with van der Waals surface area (Å²) in [5, 5.41) is 9.85. The lowest BCUT2D eigenvalue weighted by molar-refractivity contribution is -0.123. The van der Waals surface area contributed by atoms with Crippen molar-refractivity contribution in [3.63, 3.8) is 0 Å². The zero-order valence-electron chi connectivity index (χ0n) is 15.9. The van der Waals surface area contributed by atoms with Crippen molar-refractivity contribution in [1.29, 1.82) is 0 Å². The quantitative estimate of drug-likeness (QED) is 0.666. The van der Waals surface area contributed by atoms with Crippen LogP contribution in [0.2, 0.25) is 0 Å². The van der Waals surface area contributed by atoms with Crippen LogP contribution < -0.4 is 20.1 Å². The van der Waals surface area contributed by atoms with E-state index >= 15 is 0 Å². The van der Waals surface area contributed by atoms with E-state index in [2.05, 4.69) is 20.7 Å². The number of nitrogens with zero attached hydrogens (tertiary/aromatic N) is 3. The Morgan fingerprint density at radius 1 is 1.17 bits per heavy atom. The summed E-state index contributed by atoms with van der Waals surface area (Å²) in [6, 6.07) is 13.7. The second kappa shape index (κ2) is 7.63. The molecule has 1 unspecified atom stereocenters. The van der Waals surface area contributed by atoms with Crippen molar-refractivity contribution in [3.05, 3.63) is 48.5 Å². The van der Waals surface area contributed by atoms with Crippen molar-refractivity contribution in [3.8, 4) is 22.9 Å². The summed E-state index contributed by atoms with van der Waals surface area (Å²) in [5.74, 6) is 1.21. The smallest absolute Gasteiger partial charge is 0.252 e. The molecule has 3 aromatic rings. The topological polar surface area (TPSA) is 107 Å². The van der Waals surface area contributed by atoms with Crippen molar-refractivity contribution in [2.75, 3.05) is 24.9 Å². The molecule has 4 rings (SSSR count). The molecule has 0 fully saturated rings. The predicted octanol–water partition coefficient (Wildman–Crippen LogP) is 2.48. The third-order valence-corrected chi connectivity index (χ3v) is 4.56. The Hall–Kier alpha value is -3.88. The highest BCUT2D eigenvalue weighted by Crippen LogP contribution is 2.31. The fourth-order valence-corrected chi connectivity index (χ4v) is 3.10. The summed E-state index contributed by atoms with van der Waals surface area (Å²) in [6.07, 6.45) is -0.0917. The van der Waals surface area contributed by atoms with E-state index in [1.165, 1.54) is 11.8 Å². The first-order chi connectivity index (χ1) is 14.1. The van der Waals surface area contributed by atoms with E-state index in [0.29, 0.717) is 29.0 Å². The molecule has 29 heavy (non-hydrogen) atoms. The molecule has 2 aromatic carbocycles. The molecule has 9 nitrogen and oxygen atoms in total. The van der Waals surface area contributed by atoms with Gasteiger partial charge in [0, 0.05) is 11.6 Å². The van der Waals surface area contributed by atoms with Gasteiger partial charge >= 0.3 is 0 Å². The lowest BCUT2D eigenvalue weighted by Crippen LogP contribution is -2.24. The molecule has 9 heteroatoms. The van der Waals surface area contributed by atoms with E-state index in [4.69, 9.17) is 9.47 Å². The van der Waals surface area contributed by atoms with Gasteiger partial charge in [-0.25, -0.2) is 4.68 Å². The van der Waals surface area contributed by atoms with Gasteiger partial charge in [-0.2, -0.15) is 4.98 Å². The Balaban J connectivity index is 1.51. The van der Waals surface area contributed by atoms with Crippen LogP contribution in [0.5, 0.6) is 11.5 Å². The molecule has 0 bridgehead atoms. The number of fused-ring (bicyclic) bond motifs is 1. The number of aromatic nitrogens is 3. The molecule has 2 heterocycles.